The maximum atomic E-state index is 6.10. The van der Waals surface area contributed by atoms with E-state index in [1.54, 1.807) is 0 Å². The van der Waals surface area contributed by atoms with Crippen molar-refractivity contribution in [3.63, 3.8) is 0 Å². The number of hydrogen-bond acceptors (Lipinski definition) is 4. The molecule has 1 aromatic rings. The van der Waals surface area contributed by atoms with Gasteiger partial charge in [0.2, 0.25) is 0 Å². The molecular weight excluding hydrogens is 364 g/mol. The first kappa shape index (κ1) is 21.9. The zero-order chi connectivity index (χ0) is 20.3. The van der Waals surface area contributed by atoms with Crippen molar-refractivity contribution in [2.24, 2.45) is 4.99 Å². The van der Waals surface area contributed by atoms with Gasteiger partial charge in [0.25, 0.3) is 0 Å². The molecule has 2 aliphatic rings. The number of guanidine groups is 1. The van der Waals surface area contributed by atoms with Crippen LogP contribution < -0.4 is 15.4 Å². The normalized spacial score (nSPS) is 20.2. The summed E-state index contributed by atoms with van der Waals surface area (Å²) in [4.78, 5) is 6.93. The molecule has 29 heavy (non-hydrogen) atoms. The fourth-order valence-electron chi connectivity index (χ4n) is 3.97. The van der Waals surface area contributed by atoms with Gasteiger partial charge in [0, 0.05) is 32.3 Å². The Morgan fingerprint density at radius 3 is 2.83 bits per heavy atom. The van der Waals surface area contributed by atoms with Crippen LogP contribution in [0.2, 0.25) is 0 Å². The van der Waals surface area contributed by atoms with Crippen LogP contribution in [-0.4, -0.2) is 63.4 Å². The first-order valence-electron chi connectivity index (χ1n) is 11.3. The SMILES string of the molecule is CN=C(NCCCCN1CCCC1)NCc1ccc(C)cc1OCC1CCCO1. The zero-order valence-electron chi connectivity index (χ0n) is 18.2. The van der Waals surface area contributed by atoms with Crippen LogP contribution in [0.1, 0.15) is 49.7 Å². The largest absolute Gasteiger partial charge is 0.491 e. The summed E-state index contributed by atoms with van der Waals surface area (Å²) in [5.41, 5.74) is 2.35. The number of aryl methyl sites for hydroxylation is 1. The Morgan fingerprint density at radius 1 is 1.21 bits per heavy atom. The first-order chi connectivity index (χ1) is 14.2. The molecule has 3 rings (SSSR count). The molecule has 0 aromatic heterocycles. The van der Waals surface area contributed by atoms with Gasteiger partial charge in [-0.25, -0.2) is 0 Å². The van der Waals surface area contributed by atoms with Crippen molar-refractivity contribution >= 4 is 5.96 Å². The van der Waals surface area contributed by atoms with Crippen molar-refractivity contribution in [2.75, 3.05) is 46.4 Å². The third kappa shape index (κ3) is 7.52. The maximum absolute atomic E-state index is 6.10. The first-order valence-corrected chi connectivity index (χ1v) is 11.3. The summed E-state index contributed by atoms with van der Waals surface area (Å²) in [5.74, 6) is 1.78. The third-order valence-electron chi connectivity index (χ3n) is 5.73. The van der Waals surface area contributed by atoms with E-state index in [-0.39, 0.29) is 6.10 Å². The Kier molecular flexibility index (Phi) is 9.09. The minimum absolute atomic E-state index is 0.228. The topological polar surface area (TPSA) is 58.1 Å². The number of rotatable bonds is 10. The van der Waals surface area contributed by atoms with Crippen LogP contribution in [0.15, 0.2) is 23.2 Å². The van der Waals surface area contributed by atoms with Crippen LogP contribution in [0.4, 0.5) is 0 Å². The highest BCUT2D eigenvalue weighted by molar-refractivity contribution is 5.79. The zero-order valence-corrected chi connectivity index (χ0v) is 18.2. The maximum Gasteiger partial charge on any atom is 0.191 e. The van der Waals surface area contributed by atoms with E-state index in [1.165, 1.54) is 44.5 Å². The molecule has 0 amide bonds. The molecule has 2 heterocycles. The molecule has 0 radical (unpaired) electrons. The molecule has 1 atom stereocenters. The average Bonchev–Trinajstić information content (AvgIpc) is 3.43. The minimum Gasteiger partial charge on any atom is -0.491 e. The van der Waals surface area contributed by atoms with Crippen LogP contribution in [0.5, 0.6) is 5.75 Å². The number of aliphatic imine (C=N–C) groups is 1. The third-order valence-corrected chi connectivity index (χ3v) is 5.73. The summed E-state index contributed by atoms with van der Waals surface area (Å²) in [6.45, 7) is 9.01. The van der Waals surface area contributed by atoms with E-state index in [2.05, 4.69) is 45.6 Å². The van der Waals surface area contributed by atoms with Gasteiger partial charge >= 0.3 is 0 Å². The fraction of sp³-hybridized carbons (Fsp3) is 0.696. The second-order valence-corrected chi connectivity index (χ2v) is 8.17. The van der Waals surface area contributed by atoms with Gasteiger partial charge in [-0.15, -0.1) is 0 Å². The van der Waals surface area contributed by atoms with Gasteiger partial charge in [-0.3, -0.25) is 4.99 Å². The van der Waals surface area contributed by atoms with Gasteiger partial charge < -0.3 is 25.0 Å². The lowest BCUT2D eigenvalue weighted by Gasteiger charge is -2.17. The smallest absolute Gasteiger partial charge is 0.191 e. The summed E-state index contributed by atoms with van der Waals surface area (Å²) in [5, 5.41) is 6.85. The Balaban J connectivity index is 1.39. The van der Waals surface area contributed by atoms with Gasteiger partial charge in [-0.2, -0.15) is 0 Å². The summed E-state index contributed by atoms with van der Waals surface area (Å²) >= 11 is 0. The van der Waals surface area contributed by atoms with Crippen LogP contribution in [0.25, 0.3) is 0 Å². The van der Waals surface area contributed by atoms with E-state index >= 15 is 0 Å². The predicted octanol–water partition coefficient (Wildman–Crippen LogP) is 3.09. The molecule has 2 saturated heterocycles. The lowest BCUT2D eigenvalue weighted by Crippen LogP contribution is -2.37. The molecule has 6 nitrogen and oxygen atoms in total. The van der Waals surface area contributed by atoms with Gasteiger partial charge in [0.05, 0.1) is 6.10 Å². The van der Waals surface area contributed by atoms with E-state index in [4.69, 9.17) is 9.47 Å². The molecule has 0 bridgehead atoms. The number of nitrogens with one attached hydrogen (secondary N) is 2. The molecule has 1 unspecified atom stereocenters. The minimum atomic E-state index is 0.228. The molecule has 0 aliphatic carbocycles. The van der Waals surface area contributed by atoms with Crippen LogP contribution in [0.3, 0.4) is 0 Å². The van der Waals surface area contributed by atoms with Crippen LogP contribution in [-0.2, 0) is 11.3 Å². The van der Waals surface area contributed by atoms with Gasteiger partial charge in [0.1, 0.15) is 12.4 Å². The van der Waals surface area contributed by atoms with Crippen molar-refractivity contribution in [2.45, 2.75) is 58.1 Å². The summed E-state index contributed by atoms with van der Waals surface area (Å²) in [6.07, 6.45) is 7.59. The molecule has 0 saturated carbocycles. The van der Waals surface area contributed by atoms with Crippen molar-refractivity contribution in [1.29, 1.82) is 0 Å². The van der Waals surface area contributed by atoms with Crippen molar-refractivity contribution in [3.05, 3.63) is 29.3 Å². The highest BCUT2D eigenvalue weighted by Crippen LogP contribution is 2.22. The standard InChI is InChI=1S/C23H38N4O2/c1-19-9-10-20(22(16-19)29-18-21-8-7-15-28-21)17-26-23(24-2)25-11-3-4-12-27-13-5-6-14-27/h9-10,16,21H,3-8,11-15,17-18H2,1-2H3,(H2,24,25,26). The number of benzene rings is 1. The van der Waals surface area contributed by atoms with E-state index < -0.39 is 0 Å². The van der Waals surface area contributed by atoms with Crippen LogP contribution in [0, 0.1) is 6.92 Å². The van der Waals surface area contributed by atoms with Crippen LogP contribution >= 0.6 is 0 Å². The summed E-state index contributed by atoms with van der Waals surface area (Å²) in [6, 6.07) is 6.38. The van der Waals surface area contributed by atoms with Crippen molar-refractivity contribution in [1.82, 2.24) is 15.5 Å². The van der Waals surface area contributed by atoms with Crippen molar-refractivity contribution in [3.8, 4) is 5.75 Å². The molecule has 0 spiro atoms. The number of likely N-dealkylation sites (tertiary alicyclic amines) is 1. The molecular formula is C23H38N4O2. The van der Waals surface area contributed by atoms with E-state index in [9.17, 15) is 0 Å². The monoisotopic (exact) mass is 402 g/mol. The van der Waals surface area contributed by atoms with Gasteiger partial charge in [0.15, 0.2) is 5.96 Å². The van der Waals surface area contributed by atoms with Gasteiger partial charge in [-0.05, 0) is 76.7 Å². The van der Waals surface area contributed by atoms with E-state index in [1.807, 2.05) is 7.05 Å². The molecule has 2 fully saturated rings. The Hall–Kier alpha value is -1.79. The molecule has 162 valence electrons. The molecule has 6 heteroatoms. The second kappa shape index (κ2) is 12.0. The number of ether oxygens (including phenoxy) is 2. The summed E-state index contributed by atoms with van der Waals surface area (Å²) in [7, 11) is 1.82. The Morgan fingerprint density at radius 2 is 2.07 bits per heavy atom. The number of hydrogen-bond donors (Lipinski definition) is 2. The Bertz CT molecular complexity index is 638. The van der Waals surface area contributed by atoms with E-state index in [0.29, 0.717) is 13.2 Å². The molecule has 1 aromatic carbocycles. The molecule has 2 N–H and O–H groups in total. The van der Waals surface area contributed by atoms with Gasteiger partial charge in [-0.1, -0.05) is 12.1 Å². The second-order valence-electron chi connectivity index (χ2n) is 8.17. The highest BCUT2D eigenvalue weighted by Gasteiger charge is 2.17. The number of unbranched alkanes of at least 4 members (excludes halogenated alkanes) is 1. The average molecular weight is 403 g/mol. The predicted molar refractivity (Wildman–Crippen MR) is 119 cm³/mol. The highest BCUT2D eigenvalue weighted by atomic mass is 16.5. The lowest BCUT2D eigenvalue weighted by molar-refractivity contribution is 0.0676. The quantitative estimate of drug-likeness (QED) is 0.358. The summed E-state index contributed by atoms with van der Waals surface area (Å²) < 4.78 is 11.8. The van der Waals surface area contributed by atoms with E-state index in [0.717, 1.165) is 49.7 Å². The van der Waals surface area contributed by atoms with Crippen molar-refractivity contribution < 1.29 is 9.47 Å². The number of nitrogens with zero attached hydrogens (tertiary/aromatic N) is 2. The fourth-order valence-corrected chi connectivity index (χ4v) is 3.97. The molecule has 2 aliphatic heterocycles. The Labute approximate surface area is 176 Å². The lowest BCUT2D eigenvalue weighted by atomic mass is 10.1.